The summed E-state index contributed by atoms with van der Waals surface area (Å²) >= 11 is 0. The molecule has 1 aliphatic rings. The number of hydrogen-bond acceptors (Lipinski definition) is 2. The van der Waals surface area contributed by atoms with Crippen molar-refractivity contribution in [1.82, 2.24) is 0 Å². The highest BCUT2D eigenvalue weighted by Crippen LogP contribution is 2.28. The minimum absolute atomic E-state index is 0.00977. The number of rotatable bonds is 1. The Morgan fingerprint density at radius 2 is 2.00 bits per heavy atom. The summed E-state index contributed by atoms with van der Waals surface area (Å²) in [6.07, 6.45) is 2.04. The van der Waals surface area contributed by atoms with E-state index in [1.54, 1.807) is 11.0 Å². The van der Waals surface area contributed by atoms with Crippen LogP contribution >= 0.6 is 0 Å². The third-order valence-corrected chi connectivity index (χ3v) is 3.12. The Morgan fingerprint density at radius 3 is 2.53 bits per heavy atom. The number of nitriles is 1. The maximum Gasteiger partial charge on any atom is 0.150 e. The van der Waals surface area contributed by atoms with Crippen LogP contribution in [0.4, 0.5) is 14.5 Å². The Bertz CT molecular complexity index is 442. The molecule has 0 saturated carbocycles. The predicted molar refractivity (Wildman–Crippen MR) is 61.7 cm³/mol. The number of benzene rings is 1. The van der Waals surface area contributed by atoms with Crippen LogP contribution in [-0.4, -0.2) is 13.1 Å². The third-order valence-electron chi connectivity index (χ3n) is 3.12. The third kappa shape index (κ3) is 2.38. The van der Waals surface area contributed by atoms with E-state index in [9.17, 15) is 8.78 Å². The fourth-order valence-electron chi connectivity index (χ4n) is 2.32. The molecule has 0 radical (unpaired) electrons. The molecule has 0 aromatic heterocycles. The Hall–Kier alpha value is -1.63. The number of halogens is 2. The van der Waals surface area contributed by atoms with Gasteiger partial charge in [-0.2, -0.15) is 5.26 Å². The molecule has 0 amide bonds. The Balaban J connectivity index is 2.35. The quantitative estimate of drug-likeness (QED) is 0.749. The second-order valence-corrected chi connectivity index (χ2v) is 4.59. The van der Waals surface area contributed by atoms with Crippen LogP contribution in [0.1, 0.15) is 25.3 Å². The lowest BCUT2D eigenvalue weighted by Gasteiger charge is -2.33. The van der Waals surface area contributed by atoms with Crippen molar-refractivity contribution in [3.63, 3.8) is 0 Å². The lowest BCUT2D eigenvalue weighted by atomic mass is 9.99. The molecule has 1 aromatic carbocycles. The van der Waals surface area contributed by atoms with E-state index in [-0.39, 0.29) is 11.3 Å². The molecule has 1 fully saturated rings. The second-order valence-electron chi connectivity index (χ2n) is 4.59. The van der Waals surface area contributed by atoms with E-state index in [0.29, 0.717) is 19.0 Å². The topological polar surface area (TPSA) is 27.0 Å². The predicted octanol–water partition coefficient (Wildman–Crippen LogP) is 3.07. The monoisotopic (exact) mass is 236 g/mol. The van der Waals surface area contributed by atoms with Gasteiger partial charge in [0.2, 0.25) is 0 Å². The van der Waals surface area contributed by atoms with E-state index in [2.05, 4.69) is 6.92 Å². The summed E-state index contributed by atoms with van der Waals surface area (Å²) in [5.74, 6) is -0.843. The summed E-state index contributed by atoms with van der Waals surface area (Å²) in [4.78, 5) is 1.74. The molecule has 4 heteroatoms. The van der Waals surface area contributed by atoms with E-state index in [1.165, 1.54) is 0 Å². The summed E-state index contributed by atoms with van der Waals surface area (Å²) < 4.78 is 27.6. The number of anilines is 1. The van der Waals surface area contributed by atoms with Crippen LogP contribution in [-0.2, 0) is 0 Å². The highest BCUT2D eigenvalue weighted by atomic mass is 19.1. The van der Waals surface area contributed by atoms with Crippen molar-refractivity contribution in [2.45, 2.75) is 19.8 Å². The normalized spacial score (nSPS) is 20.1. The Labute approximate surface area is 99.5 Å². The molecule has 2 nitrogen and oxygen atoms in total. The van der Waals surface area contributed by atoms with Crippen molar-refractivity contribution in [3.05, 3.63) is 29.3 Å². The molecule has 90 valence electrons. The molecule has 0 N–H and O–H groups in total. The van der Waals surface area contributed by atoms with Crippen LogP contribution < -0.4 is 4.90 Å². The molecule has 1 atom stereocenters. The standard InChI is InChI=1S/C13H14F2N2/c1-9-3-2-4-17(8-9)13-11(14)5-10(7-16)6-12(13)15/h5-6,9H,2-4,8H2,1H3. The van der Waals surface area contributed by atoms with Crippen molar-refractivity contribution in [1.29, 1.82) is 5.26 Å². The summed E-state index contributed by atoms with van der Waals surface area (Å²) in [6, 6.07) is 3.94. The number of nitrogens with zero attached hydrogens (tertiary/aromatic N) is 2. The second kappa shape index (κ2) is 4.70. The van der Waals surface area contributed by atoms with E-state index in [1.807, 2.05) is 0 Å². The van der Waals surface area contributed by atoms with Crippen molar-refractivity contribution >= 4 is 5.69 Å². The molecular formula is C13H14F2N2. The first-order valence-electron chi connectivity index (χ1n) is 5.76. The maximum absolute atomic E-state index is 13.8. The average molecular weight is 236 g/mol. The van der Waals surface area contributed by atoms with Crippen LogP contribution in [0.3, 0.4) is 0 Å². The summed E-state index contributed by atoms with van der Waals surface area (Å²) in [5.41, 5.74) is 0.0318. The largest absolute Gasteiger partial charge is 0.367 e. The van der Waals surface area contributed by atoms with Crippen LogP contribution in [0.5, 0.6) is 0 Å². The zero-order valence-electron chi connectivity index (χ0n) is 9.71. The van der Waals surface area contributed by atoms with Gasteiger partial charge in [0.05, 0.1) is 11.6 Å². The molecule has 2 rings (SSSR count). The van der Waals surface area contributed by atoms with Crippen LogP contribution in [0.2, 0.25) is 0 Å². The van der Waals surface area contributed by atoms with Gasteiger partial charge in [-0.25, -0.2) is 8.78 Å². The fraction of sp³-hybridized carbons (Fsp3) is 0.462. The maximum atomic E-state index is 13.8. The fourth-order valence-corrected chi connectivity index (χ4v) is 2.32. The van der Waals surface area contributed by atoms with Crippen molar-refractivity contribution in [2.75, 3.05) is 18.0 Å². The molecular weight excluding hydrogens is 222 g/mol. The van der Waals surface area contributed by atoms with Crippen LogP contribution in [0.25, 0.3) is 0 Å². The lowest BCUT2D eigenvalue weighted by molar-refractivity contribution is 0.436. The first kappa shape index (κ1) is 11.8. The van der Waals surface area contributed by atoms with Gasteiger partial charge < -0.3 is 4.90 Å². The van der Waals surface area contributed by atoms with Gasteiger partial charge in [0.25, 0.3) is 0 Å². The zero-order valence-corrected chi connectivity index (χ0v) is 9.71. The smallest absolute Gasteiger partial charge is 0.150 e. The van der Waals surface area contributed by atoms with Crippen molar-refractivity contribution in [2.24, 2.45) is 5.92 Å². The molecule has 17 heavy (non-hydrogen) atoms. The highest BCUT2D eigenvalue weighted by Gasteiger charge is 2.22. The van der Waals surface area contributed by atoms with Gasteiger partial charge in [0.15, 0.2) is 11.6 Å². The van der Waals surface area contributed by atoms with Crippen LogP contribution in [0, 0.1) is 28.9 Å². The van der Waals surface area contributed by atoms with Crippen molar-refractivity contribution in [3.8, 4) is 6.07 Å². The van der Waals surface area contributed by atoms with Crippen LogP contribution in [0.15, 0.2) is 12.1 Å². The van der Waals surface area contributed by atoms with Gasteiger partial charge in [-0.3, -0.25) is 0 Å². The average Bonchev–Trinajstić information content (AvgIpc) is 2.28. The minimum atomic E-state index is -0.643. The number of hydrogen-bond donors (Lipinski definition) is 0. The van der Waals surface area contributed by atoms with Crippen molar-refractivity contribution < 1.29 is 8.78 Å². The van der Waals surface area contributed by atoms with Gasteiger partial charge >= 0.3 is 0 Å². The molecule has 1 heterocycles. The highest BCUT2D eigenvalue weighted by molar-refractivity contribution is 5.52. The van der Waals surface area contributed by atoms with Gasteiger partial charge in [-0.15, -0.1) is 0 Å². The minimum Gasteiger partial charge on any atom is -0.367 e. The van der Waals surface area contributed by atoms with Gasteiger partial charge in [-0.1, -0.05) is 6.92 Å². The van der Waals surface area contributed by atoms with E-state index >= 15 is 0 Å². The molecule has 0 aliphatic carbocycles. The van der Waals surface area contributed by atoms with E-state index < -0.39 is 11.6 Å². The lowest BCUT2D eigenvalue weighted by Crippen LogP contribution is -2.35. The summed E-state index contributed by atoms with van der Waals surface area (Å²) in [7, 11) is 0. The number of piperidine rings is 1. The molecule has 1 aliphatic heterocycles. The first-order chi connectivity index (χ1) is 8.11. The van der Waals surface area contributed by atoms with Gasteiger partial charge in [0.1, 0.15) is 5.69 Å². The summed E-state index contributed by atoms with van der Waals surface area (Å²) in [6.45, 7) is 3.41. The molecule has 1 aromatic rings. The first-order valence-corrected chi connectivity index (χ1v) is 5.76. The van der Waals surface area contributed by atoms with E-state index in [0.717, 1.165) is 25.0 Å². The zero-order chi connectivity index (χ0) is 12.4. The SMILES string of the molecule is CC1CCCN(c2c(F)cc(C#N)cc2F)C1. The van der Waals surface area contributed by atoms with Gasteiger partial charge in [0, 0.05) is 13.1 Å². The Kier molecular flexibility index (Phi) is 3.28. The summed E-state index contributed by atoms with van der Waals surface area (Å²) in [5, 5.41) is 8.63. The molecule has 0 spiro atoms. The van der Waals surface area contributed by atoms with Gasteiger partial charge in [-0.05, 0) is 30.9 Å². The van der Waals surface area contributed by atoms with E-state index in [4.69, 9.17) is 5.26 Å². The molecule has 1 saturated heterocycles. The Morgan fingerprint density at radius 1 is 1.35 bits per heavy atom. The molecule has 0 bridgehead atoms. The molecule has 1 unspecified atom stereocenters.